The first kappa shape index (κ1) is 21.4. The predicted octanol–water partition coefficient (Wildman–Crippen LogP) is 8.81. The maximum Gasteiger partial charge on any atom is 0.230 e. The molecule has 4 aromatic heterocycles. The van der Waals surface area contributed by atoms with Crippen molar-refractivity contribution in [2.24, 2.45) is 5.92 Å². The molecule has 0 fully saturated rings. The molecule has 4 nitrogen and oxygen atoms in total. The Morgan fingerprint density at radius 1 is 0.971 bits per heavy atom. The number of nitrogens with zero attached hydrogens (tertiary/aromatic N) is 2. The standard InChI is InChI=1S/C29H28N2O2S/c1-15(2)9-19-16(3)32-23-13-24-21(12-20(19)23)25-26(30-14-31-28(25)33-24)18-10-17-7-8-34-27(17)22(11-18)29(4,5)6/h7-8,10-15H,9H2,1-6H3. The van der Waals surface area contributed by atoms with Crippen molar-refractivity contribution in [3.05, 3.63) is 58.9 Å². The number of aryl methyl sites for hydroxylation is 1. The average molecular weight is 469 g/mol. The minimum Gasteiger partial charge on any atom is -0.461 e. The molecule has 0 saturated carbocycles. The van der Waals surface area contributed by atoms with Gasteiger partial charge in [0.25, 0.3) is 0 Å². The van der Waals surface area contributed by atoms with E-state index in [4.69, 9.17) is 13.8 Å². The van der Waals surface area contributed by atoms with Gasteiger partial charge in [0.15, 0.2) is 0 Å². The summed E-state index contributed by atoms with van der Waals surface area (Å²) in [6.45, 7) is 13.3. The summed E-state index contributed by atoms with van der Waals surface area (Å²) in [5, 5.41) is 6.56. The van der Waals surface area contributed by atoms with Crippen LogP contribution in [0.25, 0.3) is 54.4 Å². The number of aromatic nitrogens is 2. The van der Waals surface area contributed by atoms with Gasteiger partial charge in [0.2, 0.25) is 5.71 Å². The molecule has 0 spiro atoms. The number of rotatable bonds is 3. The molecule has 6 aromatic rings. The maximum atomic E-state index is 6.21. The maximum absolute atomic E-state index is 6.21. The number of furan rings is 2. The second-order valence-corrected chi connectivity index (χ2v) is 11.6. The van der Waals surface area contributed by atoms with Gasteiger partial charge in [-0.2, -0.15) is 0 Å². The smallest absolute Gasteiger partial charge is 0.230 e. The second kappa shape index (κ2) is 7.41. The molecule has 0 bridgehead atoms. The van der Waals surface area contributed by atoms with Gasteiger partial charge in [-0.05, 0) is 65.3 Å². The van der Waals surface area contributed by atoms with Crippen LogP contribution in [0.15, 0.2) is 50.9 Å². The Labute approximate surface area is 202 Å². The van der Waals surface area contributed by atoms with Crippen molar-refractivity contribution in [1.29, 1.82) is 0 Å². The van der Waals surface area contributed by atoms with Gasteiger partial charge in [-0.1, -0.05) is 34.6 Å². The van der Waals surface area contributed by atoms with E-state index in [2.05, 4.69) is 76.2 Å². The third-order valence-corrected chi connectivity index (χ3v) is 7.59. The molecule has 0 atom stereocenters. The third-order valence-electron chi connectivity index (χ3n) is 6.63. The Hall–Kier alpha value is -3.18. The van der Waals surface area contributed by atoms with Crippen LogP contribution in [0.2, 0.25) is 0 Å². The van der Waals surface area contributed by atoms with Gasteiger partial charge >= 0.3 is 0 Å². The van der Waals surface area contributed by atoms with Crippen LogP contribution in [0, 0.1) is 12.8 Å². The SMILES string of the molecule is Cc1oc2cc3oc4ncnc(-c5cc(C(C)(C)C)c6sccc6c5)c4c3cc2c1CC(C)C. The molecule has 0 radical (unpaired) electrons. The molecule has 0 unspecified atom stereocenters. The minimum atomic E-state index is 0.0238. The highest BCUT2D eigenvalue weighted by atomic mass is 32.1. The van der Waals surface area contributed by atoms with Crippen LogP contribution >= 0.6 is 11.3 Å². The summed E-state index contributed by atoms with van der Waals surface area (Å²) in [6.07, 6.45) is 2.58. The molecule has 172 valence electrons. The van der Waals surface area contributed by atoms with E-state index in [9.17, 15) is 0 Å². The first-order valence-corrected chi connectivity index (χ1v) is 12.7. The van der Waals surface area contributed by atoms with Crippen molar-refractivity contribution in [3.8, 4) is 11.3 Å². The number of benzene rings is 2. The van der Waals surface area contributed by atoms with E-state index in [1.165, 1.54) is 21.2 Å². The largest absolute Gasteiger partial charge is 0.461 e. The molecular formula is C29H28N2O2S. The molecule has 2 aromatic carbocycles. The zero-order valence-corrected chi connectivity index (χ0v) is 21.3. The monoisotopic (exact) mass is 468 g/mol. The molecule has 0 aliphatic heterocycles. The fourth-order valence-corrected chi connectivity index (χ4v) is 6.13. The van der Waals surface area contributed by atoms with E-state index in [1.54, 1.807) is 17.7 Å². The summed E-state index contributed by atoms with van der Waals surface area (Å²) >= 11 is 1.80. The molecule has 0 aliphatic rings. The molecule has 0 aliphatic carbocycles. The second-order valence-electron chi connectivity index (χ2n) is 10.7. The third kappa shape index (κ3) is 3.25. The quantitative estimate of drug-likeness (QED) is 0.260. The van der Waals surface area contributed by atoms with E-state index >= 15 is 0 Å². The van der Waals surface area contributed by atoms with Crippen LogP contribution in [0.4, 0.5) is 0 Å². The molecule has 0 N–H and O–H groups in total. The lowest BCUT2D eigenvalue weighted by atomic mass is 9.85. The lowest BCUT2D eigenvalue weighted by molar-refractivity contribution is 0.559. The van der Waals surface area contributed by atoms with Gasteiger partial charge in [-0.25, -0.2) is 9.97 Å². The van der Waals surface area contributed by atoms with Crippen molar-refractivity contribution in [3.63, 3.8) is 0 Å². The fourth-order valence-electron chi connectivity index (χ4n) is 5.03. The van der Waals surface area contributed by atoms with Crippen LogP contribution in [0.5, 0.6) is 0 Å². The lowest BCUT2D eigenvalue weighted by Gasteiger charge is -2.21. The molecule has 34 heavy (non-hydrogen) atoms. The van der Waals surface area contributed by atoms with E-state index < -0.39 is 0 Å². The summed E-state index contributed by atoms with van der Waals surface area (Å²) in [4.78, 5) is 9.26. The fraction of sp³-hybridized carbons (Fsp3) is 0.310. The molecule has 0 amide bonds. The Balaban J connectivity index is 1.67. The van der Waals surface area contributed by atoms with Crippen LogP contribution < -0.4 is 0 Å². The molecule has 4 heterocycles. The Morgan fingerprint density at radius 3 is 2.53 bits per heavy atom. The van der Waals surface area contributed by atoms with Gasteiger partial charge in [-0.3, -0.25) is 0 Å². The first-order chi connectivity index (χ1) is 16.2. The topological polar surface area (TPSA) is 52.1 Å². The van der Waals surface area contributed by atoms with Crippen molar-refractivity contribution in [1.82, 2.24) is 9.97 Å². The molecule has 0 saturated heterocycles. The van der Waals surface area contributed by atoms with E-state index in [0.29, 0.717) is 11.6 Å². The van der Waals surface area contributed by atoms with Crippen molar-refractivity contribution < 1.29 is 8.83 Å². The number of hydrogen-bond donors (Lipinski definition) is 0. The highest BCUT2D eigenvalue weighted by Crippen LogP contribution is 2.42. The Kier molecular flexibility index (Phi) is 4.65. The van der Waals surface area contributed by atoms with E-state index in [-0.39, 0.29) is 5.41 Å². The van der Waals surface area contributed by atoms with Crippen LogP contribution in [-0.2, 0) is 11.8 Å². The number of thiophene rings is 1. The van der Waals surface area contributed by atoms with Crippen molar-refractivity contribution >= 4 is 54.5 Å². The number of hydrogen-bond acceptors (Lipinski definition) is 5. The summed E-state index contributed by atoms with van der Waals surface area (Å²) in [6, 6.07) is 11.0. The molecular weight excluding hydrogens is 440 g/mol. The summed E-state index contributed by atoms with van der Waals surface area (Å²) in [5.74, 6) is 1.53. The molecule has 6 rings (SSSR count). The van der Waals surface area contributed by atoms with Gasteiger partial charge in [0, 0.05) is 32.7 Å². The lowest BCUT2D eigenvalue weighted by Crippen LogP contribution is -2.11. The van der Waals surface area contributed by atoms with Crippen LogP contribution in [0.3, 0.4) is 0 Å². The van der Waals surface area contributed by atoms with Gasteiger partial charge in [0.1, 0.15) is 23.3 Å². The highest BCUT2D eigenvalue weighted by Gasteiger charge is 2.23. The van der Waals surface area contributed by atoms with Crippen LogP contribution in [0.1, 0.15) is 51.5 Å². The van der Waals surface area contributed by atoms with Gasteiger partial charge in [0.05, 0.1) is 11.1 Å². The van der Waals surface area contributed by atoms with Crippen molar-refractivity contribution in [2.45, 2.75) is 53.4 Å². The van der Waals surface area contributed by atoms with Crippen LogP contribution in [-0.4, -0.2) is 9.97 Å². The zero-order valence-electron chi connectivity index (χ0n) is 20.4. The summed E-state index contributed by atoms with van der Waals surface area (Å²) < 4.78 is 13.7. The molecule has 5 heteroatoms. The highest BCUT2D eigenvalue weighted by molar-refractivity contribution is 7.17. The van der Waals surface area contributed by atoms with Gasteiger partial charge < -0.3 is 8.83 Å². The normalized spacial score (nSPS) is 12.8. The first-order valence-electron chi connectivity index (χ1n) is 11.8. The number of fused-ring (bicyclic) bond motifs is 5. The van der Waals surface area contributed by atoms with Gasteiger partial charge in [-0.15, -0.1) is 11.3 Å². The average Bonchev–Trinajstić information content (AvgIpc) is 3.46. The zero-order chi connectivity index (χ0) is 23.8. The van der Waals surface area contributed by atoms with Crippen molar-refractivity contribution in [2.75, 3.05) is 0 Å². The summed E-state index contributed by atoms with van der Waals surface area (Å²) in [5.41, 5.74) is 6.89. The minimum absolute atomic E-state index is 0.0238. The van der Waals surface area contributed by atoms with E-state index in [1.807, 2.05) is 6.07 Å². The Bertz CT molecular complexity index is 1710. The predicted molar refractivity (Wildman–Crippen MR) is 142 cm³/mol. The Morgan fingerprint density at radius 2 is 1.76 bits per heavy atom. The summed E-state index contributed by atoms with van der Waals surface area (Å²) in [7, 11) is 0. The van der Waals surface area contributed by atoms with E-state index in [0.717, 1.165) is 50.8 Å².